The Morgan fingerprint density at radius 2 is 1.88 bits per heavy atom. The van der Waals surface area contributed by atoms with Crippen molar-refractivity contribution in [3.05, 3.63) is 0 Å². The number of rotatable bonds is 2. The maximum atomic E-state index is 12.2. The predicted molar refractivity (Wildman–Crippen MR) is 68.5 cm³/mol. The fourth-order valence-corrected chi connectivity index (χ4v) is 4.59. The van der Waals surface area contributed by atoms with Crippen molar-refractivity contribution in [3.8, 4) is 0 Å². The standard InChI is InChI=1S/C15H25NO/c1-14(2)11-7-8-15(3,9-11)13(14)16-12(17)10-5-4-6-10/h10-11,13H,4-9H2,1-3H3,(H,16,17)/t11-,13+,15-/m0/s1. The van der Waals surface area contributed by atoms with Crippen molar-refractivity contribution >= 4 is 5.91 Å². The molecule has 0 aromatic rings. The van der Waals surface area contributed by atoms with Gasteiger partial charge in [0.15, 0.2) is 0 Å². The number of hydrogen-bond donors (Lipinski definition) is 1. The van der Waals surface area contributed by atoms with E-state index in [1.54, 1.807) is 0 Å². The largest absolute Gasteiger partial charge is 0.352 e. The van der Waals surface area contributed by atoms with Gasteiger partial charge in [-0.25, -0.2) is 0 Å². The van der Waals surface area contributed by atoms with E-state index in [1.807, 2.05) is 0 Å². The van der Waals surface area contributed by atoms with E-state index in [9.17, 15) is 4.79 Å². The van der Waals surface area contributed by atoms with E-state index in [0.29, 0.717) is 28.7 Å². The second-order valence-electron chi connectivity index (χ2n) is 7.48. The Morgan fingerprint density at radius 1 is 1.18 bits per heavy atom. The molecule has 2 nitrogen and oxygen atoms in total. The minimum Gasteiger partial charge on any atom is -0.352 e. The predicted octanol–water partition coefficient (Wildman–Crippen LogP) is 3.12. The molecule has 0 radical (unpaired) electrons. The highest BCUT2D eigenvalue weighted by Crippen LogP contribution is 2.62. The fraction of sp³-hybridized carbons (Fsp3) is 0.933. The minimum atomic E-state index is 0.298. The Morgan fingerprint density at radius 3 is 2.35 bits per heavy atom. The molecule has 3 aliphatic rings. The van der Waals surface area contributed by atoms with E-state index in [4.69, 9.17) is 0 Å². The number of carbonyl (C=O) groups excluding carboxylic acids is 1. The molecule has 1 amide bonds. The minimum absolute atomic E-state index is 0.298. The molecule has 3 saturated carbocycles. The molecule has 0 heterocycles. The molecule has 2 heteroatoms. The summed E-state index contributed by atoms with van der Waals surface area (Å²) >= 11 is 0. The first kappa shape index (κ1) is 11.6. The van der Waals surface area contributed by atoms with Crippen molar-refractivity contribution in [3.63, 3.8) is 0 Å². The highest BCUT2D eigenvalue weighted by molar-refractivity contribution is 5.80. The van der Waals surface area contributed by atoms with Gasteiger partial charge in [0.05, 0.1) is 0 Å². The van der Waals surface area contributed by atoms with Gasteiger partial charge in [0.2, 0.25) is 5.91 Å². The Balaban J connectivity index is 1.75. The SMILES string of the molecule is CC1(C)[C@H]2CC[C@@](C)(C2)[C@@H]1NC(=O)C1CCC1. The van der Waals surface area contributed by atoms with Crippen LogP contribution in [0.4, 0.5) is 0 Å². The molecule has 3 fully saturated rings. The zero-order valence-corrected chi connectivity index (χ0v) is 11.4. The molecule has 3 atom stereocenters. The van der Waals surface area contributed by atoms with Gasteiger partial charge in [0.25, 0.3) is 0 Å². The number of carbonyl (C=O) groups is 1. The molecular weight excluding hydrogens is 210 g/mol. The number of fused-ring (bicyclic) bond motifs is 2. The third-order valence-corrected chi connectivity index (χ3v) is 6.03. The maximum Gasteiger partial charge on any atom is 0.223 e. The van der Waals surface area contributed by atoms with Crippen LogP contribution in [0.5, 0.6) is 0 Å². The third kappa shape index (κ3) is 1.56. The topological polar surface area (TPSA) is 29.1 Å². The van der Waals surface area contributed by atoms with Crippen LogP contribution >= 0.6 is 0 Å². The average molecular weight is 235 g/mol. The summed E-state index contributed by atoms with van der Waals surface area (Å²) in [6.45, 7) is 7.09. The summed E-state index contributed by atoms with van der Waals surface area (Å²) in [7, 11) is 0. The first-order valence-corrected chi connectivity index (χ1v) is 7.24. The Labute approximate surface area is 105 Å². The fourth-order valence-electron chi connectivity index (χ4n) is 4.59. The summed E-state index contributed by atoms with van der Waals surface area (Å²) in [5.41, 5.74) is 0.667. The Hall–Kier alpha value is -0.530. The van der Waals surface area contributed by atoms with E-state index >= 15 is 0 Å². The van der Waals surface area contributed by atoms with Crippen LogP contribution in [0.3, 0.4) is 0 Å². The van der Waals surface area contributed by atoms with Gasteiger partial charge in [-0.15, -0.1) is 0 Å². The molecular formula is C15H25NO. The van der Waals surface area contributed by atoms with Gasteiger partial charge in [-0.3, -0.25) is 4.79 Å². The highest BCUT2D eigenvalue weighted by Gasteiger charge is 2.59. The molecule has 0 aromatic heterocycles. The van der Waals surface area contributed by atoms with Gasteiger partial charge in [-0.05, 0) is 48.9 Å². The molecule has 3 rings (SSSR count). The van der Waals surface area contributed by atoms with Gasteiger partial charge in [0, 0.05) is 12.0 Å². The van der Waals surface area contributed by atoms with Gasteiger partial charge < -0.3 is 5.32 Å². The maximum absolute atomic E-state index is 12.2. The van der Waals surface area contributed by atoms with Gasteiger partial charge in [-0.1, -0.05) is 27.2 Å². The summed E-state index contributed by atoms with van der Waals surface area (Å²) < 4.78 is 0. The molecule has 0 unspecified atom stereocenters. The highest BCUT2D eigenvalue weighted by atomic mass is 16.2. The molecule has 2 bridgehead atoms. The summed E-state index contributed by atoms with van der Waals surface area (Å²) in [6.07, 6.45) is 7.44. The summed E-state index contributed by atoms with van der Waals surface area (Å²) in [5, 5.41) is 3.40. The molecule has 1 N–H and O–H groups in total. The molecule has 0 spiro atoms. The molecule has 0 saturated heterocycles. The summed E-state index contributed by atoms with van der Waals surface area (Å²) in [6, 6.07) is 0.404. The zero-order chi connectivity index (χ0) is 12.3. The van der Waals surface area contributed by atoms with E-state index in [-0.39, 0.29) is 0 Å². The van der Waals surface area contributed by atoms with Crippen LogP contribution in [-0.4, -0.2) is 11.9 Å². The quantitative estimate of drug-likeness (QED) is 0.783. The van der Waals surface area contributed by atoms with E-state index in [2.05, 4.69) is 26.1 Å². The first-order valence-electron chi connectivity index (χ1n) is 7.24. The van der Waals surface area contributed by atoms with Crippen LogP contribution in [0.1, 0.15) is 59.3 Å². The van der Waals surface area contributed by atoms with Crippen LogP contribution in [0, 0.1) is 22.7 Å². The zero-order valence-electron chi connectivity index (χ0n) is 11.4. The lowest BCUT2D eigenvalue weighted by atomic mass is 9.68. The van der Waals surface area contributed by atoms with Crippen molar-refractivity contribution in [1.29, 1.82) is 0 Å². The van der Waals surface area contributed by atoms with Gasteiger partial charge >= 0.3 is 0 Å². The number of hydrogen-bond acceptors (Lipinski definition) is 1. The summed E-state index contributed by atoms with van der Waals surface area (Å²) in [5.74, 6) is 1.48. The Bertz CT molecular complexity index is 340. The molecule has 3 aliphatic carbocycles. The van der Waals surface area contributed by atoms with Crippen LogP contribution < -0.4 is 5.32 Å². The van der Waals surface area contributed by atoms with Gasteiger partial charge in [0.1, 0.15) is 0 Å². The Kier molecular flexibility index (Phi) is 2.37. The van der Waals surface area contributed by atoms with Crippen molar-refractivity contribution in [2.75, 3.05) is 0 Å². The third-order valence-electron chi connectivity index (χ3n) is 6.03. The van der Waals surface area contributed by atoms with Crippen molar-refractivity contribution in [1.82, 2.24) is 5.32 Å². The van der Waals surface area contributed by atoms with Crippen LogP contribution in [0.15, 0.2) is 0 Å². The van der Waals surface area contributed by atoms with Crippen LogP contribution in [0.2, 0.25) is 0 Å². The smallest absolute Gasteiger partial charge is 0.223 e. The lowest BCUT2D eigenvalue weighted by molar-refractivity contribution is -0.130. The monoisotopic (exact) mass is 235 g/mol. The number of amides is 1. The lowest BCUT2D eigenvalue weighted by Crippen LogP contribution is -2.54. The average Bonchev–Trinajstić information content (AvgIpc) is 2.61. The normalized spacial score (nSPS) is 43.5. The van der Waals surface area contributed by atoms with Crippen molar-refractivity contribution in [2.45, 2.75) is 65.3 Å². The van der Waals surface area contributed by atoms with Gasteiger partial charge in [-0.2, -0.15) is 0 Å². The molecule has 0 aromatic carbocycles. The van der Waals surface area contributed by atoms with E-state index in [1.165, 1.54) is 25.7 Å². The van der Waals surface area contributed by atoms with Crippen molar-refractivity contribution < 1.29 is 4.79 Å². The molecule has 0 aliphatic heterocycles. The van der Waals surface area contributed by atoms with E-state index < -0.39 is 0 Å². The number of nitrogens with one attached hydrogen (secondary N) is 1. The second kappa shape index (κ2) is 3.49. The second-order valence-corrected chi connectivity index (χ2v) is 7.48. The summed E-state index contributed by atoms with van der Waals surface area (Å²) in [4.78, 5) is 12.2. The molecule has 17 heavy (non-hydrogen) atoms. The van der Waals surface area contributed by atoms with E-state index in [0.717, 1.165) is 18.8 Å². The van der Waals surface area contributed by atoms with Crippen LogP contribution in [0.25, 0.3) is 0 Å². The van der Waals surface area contributed by atoms with Crippen LogP contribution in [-0.2, 0) is 4.79 Å². The first-order chi connectivity index (χ1) is 7.93. The lowest BCUT2D eigenvalue weighted by Gasteiger charge is -2.44. The molecule has 96 valence electrons. The van der Waals surface area contributed by atoms with Crippen molar-refractivity contribution in [2.24, 2.45) is 22.7 Å².